The second-order valence-corrected chi connectivity index (χ2v) is 9.62. The van der Waals surface area contributed by atoms with E-state index in [4.69, 9.17) is 5.11 Å². The van der Waals surface area contributed by atoms with E-state index in [2.05, 4.69) is 42.7 Å². The van der Waals surface area contributed by atoms with Gasteiger partial charge in [-0.15, -0.1) is 11.3 Å². The van der Waals surface area contributed by atoms with Crippen LogP contribution in [0.4, 0.5) is 23.5 Å². The largest absolute Gasteiger partial charge is 0.481 e. The number of nitrogens with one attached hydrogen (secondary N) is 2. The van der Waals surface area contributed by atoms with E-state index in [1.165, 1.54) is 10.5 Å². The molecule has 0 aliphatic carbocycles. The highest BCUT2D eigenvalue weighted by Crippen LogP contribution is 2.24. The van der Waals surface area contributed by atoms with Crippen molar-refractivity contribution in [3.63, 3.8) is 0 Å². The Morgan fingerprint density at radius 2 is 1.76 bits per heavy atom. The Kier molecular flexibility index (Phi) is 8.98. The van der Waals surface area contributed by atoms with E-state index < -0.39 is 5.97 Å². The van der Waals surface area contributed by atoms with E-state index in [-0.39, 0.29) is 18.7 Å². The number of carbonyl (C=O) groups excluding carboxylic acids is 1. The van der Waals surface area contributed by atoms with Crippen molar-refractivity contribution < 1.29 is 14.7 Å². The normalized spacial score (nSPS) is 10.8. The lowest BCUT2D eigenvalue weighted by molar-refractivity contribution is -0.140. The predicted molar refractivity (Wildman–Crippen MR) is 149 cm³/mol. The van der Waals surface area contributed by atoms with Gasteiger partial charge in [0.1, 0.15) is 0 Å². The molecule has 2 aromatic carbocycles. The van der Waals surface area contributed by atoms with Gasteiger partial charge in [-0.25, -0.2) is 4.98 Å². The van der Waals surface area contributed by atoms with Crippen LogP contribution in [0.3, 0.4) is 0 Å². The molecule has 12 heteroatoms. The number of amides is 1. The number of hydrogen-bond acceptors (Lipinski definition) is 10. The van der Waals surface area contributed by atoms with Gasteiger partial charge in [-0.2, -0.15) is 15.0 Å². The SMILES string of the molecule is CN(CCN(C)c1nc(NCCc2ccccc2)nc(Nc2ccc3ncsc3c2)n1)C(=O)CCC(=O)O. The maximum atomic E-state index is 12.2. The van der Waals surface area contributed by atoms with Crippen molar-refractivity contribution in [1.29, 1.82) is 0 Å². The predicted octanol–water partition coefficient (Wildman–Crippen LogP) is 3.64. The number of thiazole rings is 1. The molecule has 11 nitrogen and oxygen atoms in total. The summed E-state index contributed by atoms with van der Waals surface area (Å²) in [5, 5.41) is 15.4. The molecule has 2 heterocycles. The summed E-state index contributed by atoms with van der Waals surface area (Å²) in [6.45, 7) is 1.49. The maximum absolute atomic E-state index is 12.2. The number of rotatable bonds is 13. The van der Waals surface area contributed by atoms with Crippen LogP contribution in [0.5, 0.6) is 0 Å². The molecule has 0 spiro atoms. The zero-order chi connectivity index (χ0) is 26.9. The molecule has 0 bridgehead atoms. The zero-order valence-electron chi connectivity index (χ0n) is 21.3. The molecule has 0 atom stereocenters. The average molecular weight is 535 g/mol. The Morgan fingerprint density at radius 3 is 2.55 bits per heavy atom. The summed E-state index contributed by atoms with van der Waals surface area (Å²) < 4.78 is 1.05. The summed E-state index contributed by atoms with van der Waals surface area (Å²) in [4.78, 5) is 44.4. The first-order chi connectivity index (χ1) is 18.4. The summed E-state index contributed by atoms with van der Waals surface area (Å²) in [7, 11) is 3.50. The summed E-state index contributed by atoms with van der Waals surface area (Å²) in [6.07, 6.45) is 0.591. The number of likely N-dealkylation sites (N-methyl/N-ethyl adjacent to an activating group) is 2. The van der Waals surface area contributed by atoms with Crippen molar-refractivity contribution in [2.24, 2.45) is 0 Å². The number of carboxylic acid groups (broad SMARTS) is 1. The third-order valence-electron chi connectivity index (χ3n) is 5.84. The monoisotopic (exact) mass is 534 g/mol. The molecule has 0 saturated heterocycles. The molecule has 38 heavy (non-hydrogen) atoms. The van der Waals surface area contributed by atoms with Crippen molar-refractivity contribution in [2.45, 2.75) is 19.3 Å². The molecule has 3 N–H and O–H groups in total. The number of nitrogens with zero attached hydrogens (tertiary/aromatic N) is 6. The third kappa shape index (κ3) is 7.59. The van der Waals surface area contributed by atoms with Gasteiger partial charge in [-0.3, -0.25) is 9.59 Å². The van der Waals surface area contributed by atoms with Crippen LogP contribution < -0.4 is 15.5 Å². The lowest BCUT2D eigenvalue weighted by atomic mass is 10.1. The standard InChI is InChI=1S/C26H30N8O3S/c1-33(22(35)10-11-23(36)37)14-15-34(2)26-31-24(27-13-12-18-6-4-3-5-7-18)30-25(32-26)29-19-8-9-20-21(16-19)38-17-28-20/h3-9,16-17H,10-15H2,1-2H3,(H,36,37)(H2,27,29,30,31,32). The average Bonchev–Trinajstić information content (AvgIpc) is 3.38. The van der Waals surface area contributed by atoms with Crippen LogP contribution in [-0.4, -0.2) is 75.5 Å². The molecule has 0 fully saturated rings. The highest BCUT2D eigenvalue weighted by molar-refractivity contribution is 7.16. The summed E-state index contributed by atoms with van der Waals surface area (Å²) >= 11 is 1.56. The summed E-state index contributed by atoms with van der Waals surface area (Å²) in [5.41, 5.74) is 4.78. The van der Waals surface area contributed by atoms with E-state index in [0.29, 0.717) is 37.5 Å². The quantitative estimate of drug-likeness (QED) is 0.233. The van der Waals surface area contributed by atoms with Crippen molar-refractivity contribution in [2.75, 3.05) is 49.3 Å². The molecule has 198 valence electrons. The lowest BCUT2D eigenvalue weighted by Crippen LogP contribution is -2.35. The minimum absolute atomic E-state index is 0.0328. The lowest BCUT2D eigenvalue weighted by Gasteiger charge is -2.23. The molecule has 4 rings (SSSR count). The second kappa shape index (κ2) is 12.8. The molecular weight excluding hydrogens is 504 g/mol. The number of aliphatic carboxylic acids is 1. The van der Waals surface area contributed by atoms with E-state index in [9.17, 15) is 9.59 Å². The highest BCUT2D eigenvalue weighted by Gasteiger charge is 2.15. The van der Waals surface area contributed by atoms with E-state index in [1.807, 2.05) is 53.9 Å². The van der Waals surface area contributed by atoms with Gasteiger partial charge in [0, 0.05) is 45.8 Å². The van der Waals surface area contributed by atoms with Gasteiger partial charge in [-0.1, -0.05) is 30.3 Å². The van der Waals surface area contributed by atoms with Crippen LogP contribution in [0.2, 0.25) is 0 Å². The Hall–Kier alpha value is -4.32. The number of fused-ring (bicyclic) bond motifs is 1. The van der Waals surface area contributed by atoms with Gasteiger partial charge < -0.3 is 25.5 Å². The molecule has 0 aliphatic rings. The number of anilines is 4. The molecule has 0 saturated carbocycles. The topological polar surface area (TPSA) is 136 Å². The van der Waals surface area contributed by atoms with Crippen LogP contribution in [0.15, 0.2) is 54.0 Å². The Labute approximate surface area is 224 Å². The number of aromatic nitrogens is 4. The Morgan fingerprint density at radius 1 is 0.974 bits per heavy atom. The van der Waals surface area contributed by atoms with Crippen LogP contribution in [0, 0.1) is 0 Å². The fraction of sp³-hybridized carbons (Fsp3) is 0.308. The van der Waals surface area contributed by atoms with Gasteiger partial charge >= 0.3 is 5.97 Å². The van der Waals surface area contributed by atoms with Crippen molar-refractivity contribution in [3.8, 4) is 0 Å². The molecular formula is C26H30N8O3S. The fourth-order valence-corrected chi connectivity index (χ4v) is 4.34. The van der Waals surface area contributed by atoms with E-state index in [0.717, 1.165) is 22.3 Å². The number of benzene rings is 2. The highest BCUT2D eigenvalue weighted by atomic mass is 32.1. The molecule has 2 aromatic heterocycles. The van der Waals surface area contributed by atoms with Crippen LogP contribution in [0.25, 0.3) is 10.2 Å². The van der Waals surface area contributed by atoms with Gasteiger partial charge in [0.15, 0.2) is 0 Å². The van der Waals surface area contributed by atoms with Gasteiger partial charge in [0.05, 0.1) is 22.1 Å². The molecule has 0 aliphatic heterocycles. The molecule has 0 unspecified atom stereocenters. The second-order valence-electron chi connectivity index (χ2n) is 8.74. The number of carboxylic acids is 1. The maximum Gasteiger partial charge on any atom is 0.303 e. The van der Waals surface area contributed by atoms with Crippen molar-refractivity contribution in [3.05, 3.63) is 59.6 Å². The molecule has 4 aromatic rings. The van der Waals surface area contributed by atoms with Crippen LogP contribution >= 0.6 is 11.3 Å². The van der Waals surface area contributed by atoms with Crippen LogP contribution in [0.1, 0.15) is 18.4 Å². The van der Waals surface area contributed by atoms with Gasteiger partial charge in [0.25, 0.3) is 0 Å². The fourth-order valence-electron chi connectivity index (χ4n) is 3.63. The third-order valence-corrected chi connectivity index (χ3v) is 6.63. The number of hydrogen-bond donors (Lipinski definition) is 3. The molecule has 1 amide bonds. The van der Waals surface area contributed by atoms with Gasteiger partial charge in [0.2, 0.25) is 23.8 Å². The first-order valence-corrected chi connectivity index (χ1v) is 13.1. The summed E-state index contributed by atoms with van der Waals surface area (Å²) in [5.74, 6) is 0.0511. The minimum Gasteiger partial charge on any atom is -0.481 e. The minimum atomic E-state index is -0.990. The van der Waals surface area contributed by atoms with E-state index in [1.54, 1.807) is 18.4 Å². The zero-order valence-corrected chi connectivity index (χ0v) is 22.1. The molecule has 0 radical (unpaired) electrons. The Balaban J connectivity index is 1.47. The van der Waals surface area contributed by atoms with E-state index >= 15 is 0 Å². The van der Waals surface area contributed by atoms with Crippen molar-refractivity contribution in [1.82, 2.24) is 24.8 Å². The smallest absolute Gasteiger partial charge is 0.303 e. The van der Waals surface area contributed by atoms with Gasteiger partial charge in [-0.05, 0) is 30.2 Å². The summed E-state index contributed by atoms with van der Waals surface area (Å²) in [6, 6.07) is 16.0. The first-order valence-electron chi connectivity index (χ1n) is 12.2. The Bertz CT molecular complexity index is 1380. The van der Waals surface area contributed by atoms with Crippen LogP contribution in [-0.2, 0) is 16.0 Å². The first kappa shape index (κ1) is 26.7. The van der Waals surface area contributed by atoms with Crippen molar-refractivity contribution >= 4 is 57.0 Å². The number of carbonyl (C=O) groups is 2.